The van der Waals surface area contributed by atoms with Gasteiger partial charge >= 0.3 is 0 Å². The second-order valence-corrected chi connectivity index (χ2v) is 22.2. The molecule has 2 heterocycles. The second kappa shape index (κ2) is 17.0. The molecule has 0 spiro atoms. The highest BCUT2D eigenvalue weighted by molar-refractivity contribution is 7.19. The number of allylic oxidation sites excluding steroid dienone is 2. The molecule has 0 radical (unpaired) electrons. The first-order valence-corrected chi connectivity index (χ1v) is 26.1. The molecule has 2 unspecified atom stereocenters. The van der Waals surface area contributed by atoms with Crippen molar-refractivity contribution in [1.82, 2.24) is 4.57 Å². The molecule has 11 aromatic rings. The number of benzene rings is 10. The van der Waals surface area contributed by atoms with Crippen LogP contribution in [0, 0.1) is 0 Å². The molecule has 3 heteroatoms. The summed E-state index contributed by atoms with van der Waals surface area (Å²) in [6, 6.07) is 96.8. The van der Waals surface area contributed by atoms with Crippen LogP contribution < -0.4 is 25.6 Å². The van der Waals surface area contributed by atoms with Crippen LogP contribution in [0.3, 0.4) is 0 Å². The largest absolute Gasteiger partial charge is 0.333 e. The fraction of sp³-hybridized carbons (Fsp3) is 0.0303. The highest BCUT2D eigenvalue weighted by atomic mass is 28.3. The minimum absolute atomic E-state index is 0.134. The molecule has 0 fully saturated rings. The van der Waals surface area contributed by atoms with Gasteiger partial charge in [-0.05, 0) is 108 Å². The molecule has 326 valence electrons. The van der Waals surface area contributed by atoms with Crippen LogP contribution in [-0.2, 0) is 0 Å². The lowest BCUT2D eigenvalue weighted by atomic mass is 9.86. The Balaban J connectivity index is 0.871. The van der Waals surface area contributed by atoms with E-state index in [1.807, 2.05) is 0 Å². The average molecular weight is 897 g/mol. The Morgan fingerprint density at radius 3 is 1.58 bits per heavy atom. The zero-order valence-electron chi connectivity index (χ0n) is 38.1. The van der Waals surface area contributed by atoms with E-state index in [0.29, 0.717) is 0 Å². The molecule has 2 nitrogen and oxygen atoms in total. The summed E-state index contributed by atoms with van der Waals surface area (Å²) in [4.78, 5) is 2.59. The first kappa shape index (κ1) is 40.7. The van der Waals surface area contributed by atoms with E-state index in [2.05, 4.69) is 289 Å². The van der Waals surface area contributed by atoms with Crippen LogP contribution in [0.1, 0.15) is 17.0 Å². The maximum Gasteiger partial charge on any atom is 0.179 e. The summed E-state index contributed by atoms with van der Waals surface area (Å²) in [6.45, 7) is 0. The Hall–Kier alpha value is -8.50. The SMILES string of the molecule is C1=CC2C(C=C1c1ccc3c(c1)c1ccccc1n3-c1cccc(-c3ccc(-c4ccccc4)cc3)c1)c1ccccc1N2c1cccc([Si](c2ccccc2)(c2ccccc2)c2ccccc2)c1. The van der Waals surface area contributed by atoms with Gasteiger partial charge in [0.25, 0.3) is 0 Å². The van der Waals surface area contributed by atoms with E-state index in [4.69, 9.17) is 0 Å². The van der Waals surface area contributed by atoms with Crippen LogP contribution in [0.15, 0.2) is 279 Å². The summed E-state index contributed by atoms with van der Waals surface area (Å²) >= 11 is 0. The van der Waals surface area contributed by atoms with Gasteiger partial charge in [0.1, 0.15) is 0 Å². The normalized spacial score (nSPS) is 15.2. The molecule has 0 bridgehead atoms. The molecule has 0 saturated heterocycles. The zero-order valence-corrected chi connectivity index (χ0v) is 39.1. The average Bonchev–Trinajstić information content (AvgIpc) is 3.95. The first-order chi connectivity index (χ1) is 34.2. The van der Waals surface area contributed by atoms with Crippen molar-refractivity contribution in [3.63, 3.8) is 0 Å². The monoisotopic (exact) mass is 896 g/mol. The third-order valence-corrected chi connectivity index (χ3v) is 19.4. The summed E-state index contributed by atoms with van der Waals surface area (Å²) in [6.07, 6.45) is 7.35. The van der Waals surface area contributed by atoms with Gasteiger partial charge in [-0.2, -0.15) is 0 Å². The molecule has 0 amide bonds. The van der Waals surface area contributed by atoms with E-state index in [1.165, 1.54) is 92.9 Å². The molecule has 10 aromatic carbocycles. The maximum atomic E-state index is 2.59. The molecular formula is C66H48N2Si. The van der Waals surface area contributed by atoms with Gasteiger partial charge in [-0.3, -0.25) is 0 Å². The Morgan fingerprint density at radius 2 is 0.870 bits per heavy atom. The molecule has 0 saturated carbocycles. The Morgan fingerprint density at radius 1 is 0.348 bits per heavy atom. The van der Waals surface area contributed by atoms with Gasteiger partial charge in [0, 0.05) is 33.8 Å². The quantitative estimate of drug-likeness (QED) is 0.104. The Kier molecular flexibility index (Phi) is 10.0. The smallest absolute Gasteiger partial charge is 0.179 e. The number of nitrogens with zero attached hydrogens (tertiary/aromatic N) is 2. The summed E-state index contributed by atoms with van der Waals surface area (Å²) in [5, 5.41) is 8.01. The van der Waals surface area contributed by atoms with Crippen molar-refractivity contribution >= 4 is 67.6 Å². The number of anilines is 2. The minimum atomic E-state index is -2.72. The van der Waals surface area contributed by atoms with E-state index < -0.39 is 8.07 Å². The lowest BCUT2D eigenvalue weighted by Gasteiger charge is -2.36. The molecule has 1 aliphatic heterocycles. The highest BCUT2D eigenvalue weighted by Gasteiger charge is 2.43. The third kappa shape index (κ3) is 6.85. The van der Waals surface area contributed by atoms with Crippen LogP contribution in [0.25, 0.3) is 55.3 Å². The fourth-order valence-electron chi connectivity index (χ4n) is 11.5. The Bertz CT molecular complexity index is 3630. The molecular weight excluding hydrogens is 849 g/mol. The van der Waals surface area contributed by atoms with Crippen molar-refractivity contribution < 1.29 is 0 Å². The van der Waals surface area contributed by atoms with E-state index >= 15 is 0 Å². The molecule has 1 aliphatic carbocycles. The topological polar surface area (TPSA) is 8.17 Å². The number of para-hydroxylation sites is 2. The standard InChI is InChI=1S/C66H48N2Si/c1-5-19-47(20-6-1)48-35-37-49(38-36-48)50-21-17-22-53(43-50)67-63-33-15-13-31-59(63)61-44-51(39-41-65(61)67)52-40-42-66-62(45-52)60-32-14-16-34-64(60)68(66)54-23-18-30-58(46-54)69(55-24-7-2-8-25-55,56-26-9-3-10-27-56)57-28-11-4-12-29-57/h1-46,62,66H. The van der Waals surface area contributed by atoms with Crippen LogP contribution >= 0.6 is 0 Å². The molecule has 13 rings (SSSR count). The number of hydrogen-bond donors (Lipinski definition) is 0. The van der Waals surface area contributed by atoms with Gasteiger partial charge in [0.2, 0.25) is 0 Å². The maximum absolute atomic E-state index is 2.72. The molecule has 2 aliphatic rings. The van der Waals surface area contributed by atoms with E-state index in [-0.39, 0.29) is 12.0 Å². The van der Waals surface area contributed by atoms with E-state index in [1.54, 1.807) is 0 Å². The summed E-state index contributed by atoms with van der Waals surface area (Å²) < 4.78 is 2.43. The van der Waals surface area contributed by atoms with Gasteiger partial charge < -0.3 is 9.47 Å². The number of rotatable bonds is 9. The molecule has 2 atom stereocenters. The second-order valence-electron chi connectivity index (χ2n) is 18.4. The van der Waals surface area contributed by atoms with Crippen molar-refractivity contribution in [2.45, 2.75) is 12.0 Å². The van der Waals surface area contributed by atoms with E-state index in [9.17, 15) is 0 Å². The first-order valence-electron chi connectivity index (χ1n) is 24.1. The van der Waals surface area contributed by atoms with E-state index in [0.717, 1.165) is 5.69 Å². The molecule has 69 heavy (non-hydrogen) atoms. The van der Waals surface area contributed by atoms with Gasteiger partial charge in [-0.1, -0.05) is 231 Å². The van der Waals surface area contributed by atoms with Crippen LogP contribution in [-0.4, -0.2) is 18.7 Å². The molecule has 1 aromatic heterocycles. The van der Waals surface area contributed by atoms with Gasteiger partial charge in [0.05, 0.1) is 17.1 Å². The zero-order chi connectivity index (χ0) is 45.7. The fourth-order valence-corrected chi connectivity index (χ4v) is 16.3. The predicted octanol–water partition coefficient (Wildman–Crippen LogP) is 13.8. The van der Waals surface area contributed by atoms with Crippen LogP contribution in [0.4, 0.5) is 11.4 Å². The van der Waals surface area contributed by atoms with Gasteiger partial charge in [-0.15, -0.1) is 0 Å². The molecule has 0 N–H and O–H groups in total. The lowest BCUT2D eigenvalue weighted by molar-refractivity contribution is 0.747. The van der Waals surface area contributed by atoms with Gasteiger partial charge in [0.15, 0.2) is 8.07 Å². The number of aromatic nitrogens is 1. The highest BCUT2D eigenvalue weighted by Crippen LogP contribution is 2.49. The van der Waals surface area contributed by atoms with Crippen molar-refractivity contribution in [2.24, 2.45) is 0 Å². The minimum Gasteiger partial charge on any atom is -0.333 e. The van der Waals surface area contributed by atoms with Gasteiger partial charge in [-0.25, -0.2) is 0 Å². The van der Waals surface area contributed by atoms with Crippen molar-refractivity contribution in [3.8, 4) is 27.9 Å². The number of hydrogen-bond acceptors (Lipinski definition) is 1. The Labute approximate surface area is 405 Å². The van der Waals surface area contributed by atoms with Crippen molar-refractivity contribution in [3.05, 3.63) is 290 Å². The van der Waals surface area contributed by atoms with Crippen molar-refractivity contribution in [2.75, 3.05) is 4.90 Å². The summed E-state index contributed by atoms with van der Waals surface area (Å²) in [5.74, 6) is 0.186. The third-order valence-electron chi connectivity index (χ3n) is 14.7. The van der Waals surface area contributed by atoms with Crippen LogP contribution in [0.5, 0.6) is 0 Å². The number of fused-ring (bicyclic) bond motifs is 6. The van der Waals surface area contributed by atoms with Crippen molar-refractivity contribution in [1.29, 1.82) is 0 Å². The predicted molar refractivity (Wildman–Crippen MR) is 294 cm³/mol. The van der Waals surface area contributed by atoms with Crippen LogP contribution in [0.2, 0.25) is 0 Å². The summed E-state index contributed by atoms with van der Waals surface area (Å²) in [5.41, 5.74) is 14.8. The lowest BCUT2D eigenvalue weighted by Crippen LogP contribution is -2.74. The summed E-state index contributed by atoms with van der Waals surface area (Å²) in [7, 11) is -2.72.